The summed E-state index contributed by atoms with van der Waals surface area (Å²) in [6.07, 6.45) is 0. The second-order valence-electron chi connectivity index (χ2n) is 4.95. The van der Waals surface area contributed by atoms with Gasteiger partial charge in [-0.25, -0.2) is 8.42 Å². The standard InChI is InChI=1S/C13H20N2O4S/c1-10(2)8-14-13(17)9-15(3)20(18,19)12-6-4-11(16)5-7-12/h4-7,10,16H,8-9H2,1-3H3,(H,14,17). The molecule has 2 N–H and O–H groups in total. The van der Waals surface area contributed by atoms with Crippen LogP contribution in [0.1, 0.15) is 13.8 Å². The van der Waals surface area contributed by atoms with E-state index in [2.05, 4.69) is 5.32 Å². The van der Waals surface area contributed by atoms with Gasteiger partial charge in [0, 0.05) is 13.6 Å². The third-order valence-corrected chi connectivity index (χ3v) is 4.44. The Morgan fingerprint density at radius 1 is 1.30 bits per heavy atom. The summed E-state index contributed by atoms with van der Waals surface area (Å²) in [5.74, 6) is -0.0530. The van der Waals surface area contributed by atoms with Gasteiger partial charge in [-0.15, -0.1) is 0 Å². The number of phenolic OH excluding ortho intramolecular Hbond substituents is 1. The van der Waals surface area contributed by atoms with Crippen LogP contribution in [0.25, 0.3) is 0 Å². The van der Waals surface area contributed by atoms with Crippen molar-refractivity contribution in [3.05, 3.63) is 24.3 Å². The number of benzene rings is 1. The number of nitrogens with zero attached hydrogens (tertiary/aromatic N) is 1. The van der Waals surface area contributed by atoms with Crippen molar-refractivity contribution in [3.63, 3.8) is 0 Å². The number of amides is 1. The second kappa shape index (κ2) is 6.71. The molecule has 0 unspecified atom stereocenters. The van der Waals surface area contributed by atoms with Gasteiger partial charge in [-0.3, -0.25) is 4.79 Å². The lowest BCUT2D eigenvalue weighted by Gasteiger charge is -2.17. The Labute approximate surface area is 119 Å². The maximum atomic E-state index is 12.2. The summed E-state index contributed by atoms with van der Waals surface area (Å²) in [5, 5.41) is 11.8. The topological polar surface area (TPSA) is 86.7 Å². The van der Waals surface area contributed by atoms with Crippen molar-refractivity contribution in [1.29, 1.82) is 0 Å². The quantitative estimate of drug-likeness (QED) is 0.813. The summed E-state index contributed by atoms with van der Waals surface area (Å²) >= 11 is 0. The van der Waals surface area contributed by atoms with Gasteiger partial charge in [0.1, 0.15) is 5.75 Å². The minimum atomic E-state index is -3.73. The van der Waals surface area contributed by atoms with Crippen molar-refractivity contribution in [3.8, 4) is 5.75 Å². The summed E-state index contributed by atoms with van der Waals surface area (Å²) in [5.41, 5.74) is 0. The van der Waals surface area contributed by atoms with Crippen LogP contribution in [0.5, 0.6) is 5.75 Å². The van der Waals surface area contributed by atoms with E-state index in [9.17, 15) is 13.2 Å². The molecule has 1 aromatic rings. The van der Waals surface area contributed by atoms with Crippen LogP contribution < -0.4 is 5.32 Å². The molecule has 0 spiro atoms. The van der Waals surface area contributed by atoms with Gasteiger partial charge in [0.15, 0.2) is 0 Å². The van der Waals surface area contributed by atoms with Crippen LogP contribution in [-0.4, -0.2) is 43.9 Å². The van der Waals surface area contributed by atoms with Crippen molar-refractivity contribution >= 4 is 15.9 Å². The first-order valence-electron chi connectivity index (χ1n) is 6.25. The van der Waals surface area contributed by atoms with Crippen LogP contribution in [0.4, 0.5) is 0 Å². The molecule has 0 aliphatic heterocycles. The molecule has 1 rings (SSSR count). The number of aromatic hydroxyl groups is 1. The highest BCUT2D eigenvalue weighted by Gasteiger charge is 2.22. The van der Waals surface area contributed by atoms with Gasteiger partial charge in [-0.2, -0.15) is 4.31 Å². The van der Waals surface area contributed by atoms with Crippen LogP contribution in [0.3, 0.4) is 0 Å². The van der Waals surface area contributed by atoms with E-state index in [1.54, 1.807) is 0 Å². The second-order valence-corrected chi connectivity index (χ2v) is 7.00. The number of carbonyl (C=O) groups is 1. The number of hydrogen-bond donors (Lipinski definition) is 2. The molecule has 1 aromatic carbocycles. The van der Waals surface area contributed by atoms with Crippen LogP contribution in [0.15, 0.2) is 29.2 Å². The van der Waals surface area contributed by atoms with E-state index in [0.717, 1.165) is 4.31 Å². The van der Waals surface area contributed by atoms with E-state index >= 15 is 0 Å². The van der Waals surface area contributed by atoms with Crippen molar-refractivity contribution in [2.24, 2.45) is 5.92 Å². The molecule has 0 atom stereocenters. The fourth-order valence-electron chi connectivity index (χ4n) is 1.46. The average molecular weight is 300 g/mol. The Balaban J connectivity index is 2.72. The molecule has 0 aromatic heterocycles. The maximum absolute atomic E-state index is 12.2. The Kier molecular flexibility index (Phi) is 5.52. The highest BCUT2D eigenvalue weighted by atomic mass is 32.2. The first-order chi connectivity index (χ1) is 9.23. The fraction of sp³-hybridized carbons (Fsp3) is 0.462. The van der Waals surface area contributed by atoms with Crippen molar-refractivity contribution in [1.82, 2.24) is 9.62 Å². The zero-order valence-corrected chi connectivity index (χ0v) is 12.6. The van der Waals surface area contributed by atoms with Gasteiger partial charge in [0.05, 0.1) is 11.4 Å². The van der Waals surface area contributed by atoms with Crippen LogP contribution in [-0.2, 0) is 14.8 Å². The van der Waals surface area contributed by atoms with Gasteiger partial charge in [-0.05, 0) is 30.2 Å². The minimum absolute atomic E-state index is 0.0127. The molecular formula is C13H20N2O4S. The van der Waals surface area contributed by atoms with Crippen molar-refractivity contribution in [2.75, 3.05) is 20.1 Å². The molecule has 0 saturated carbocycles. The number of rotatable bonds is 6. The molecule has 0 fully saturated rings. The summed E-state index contributed by atoms with van der Waals surface area (Å²) in [6, 6.07) is 5.18. The molecule has 112 valence electrons. The fourth-order valence-corrected chi connectivity index (χ4v) is 2.59. The summed E-state index contributed by atoms with van der Waals surface area (Å²) < 4.78 is 25.3. The van der Waals surface area contributed by atoms with Crippen molar-refractivity contribution < 1.29 is 18.3 Å². The SMILES string of the molecule is CC(C)CNC(=O)CN(C)S(=O)(=O)c1ccc(O)cc1. The molecule has 1 amide bonds. The van der Waals surface area contributed by atoms with Gasteiger partial charge in [0.2, 0.25) is 15.9 Å². The molecule has 20 heavy (non-hydrogen) atoms. The lowest BCUT2D eigenvalue weighted by Crippen LogP contribution is -2.39. The Morgan fingerprint density at radius 3 is 2.35 bits per heavy atom. The first-order valence-corrected chi connectivity index (χ1v) is 7.69. The molecule has 7 heteroatoms. The van der Waals surface area contributed by atoms with E-state index in [-0.39, 0.29) is 23.1 Å². The predicted octanol–water partition coefficient (Wildman–Crippen LogP) is 0.785. The lowest BCUT2D eigenvalue weighted by atomic mass is 10.2. The monoisotopic (exact) mass is 300 g/mol. The Morgan fingerprint density at radius 2 is 1.85 bits per heavy atom. The molecule has 0 saturated heterocycles. The van der Waals surface area contributed by atoms with E-state index < -0.39 is 10.0 Å². The number of hydrogen-bond acceptors (Lipinski definition) is 4. The zero-order valence-electron chi connectivity index (χ0n) is 11.8. The number of likely N-dealkylation sites (N-methyl/N-ethyl adjacent to an activating group) is 1. The van der Waals surface area contributed by atoms with E-state index in [1.807, 2.05) is 13.8 Å². The lowest BCUT2D eigenvalue weighted by molar-refractivity contribution is -0.121. The molecule has 0 radical (unpaired) electrons. The normalized spacial score (nSPS) is 11.8. The Hall–Kier alpha value is -1.60. The number of carbonyl (C=O) groups excluding carboxylic acids is 1. The van der Waals surface area contributed by atoms with E-state index in [1.165, 1.54) is 31.3 Å². The van der Waals surface area contributed by atoms with Crippen LogP contribution in [0.2, 0.25) is 0 Å². The van der Waals surface area contributed by atoms with Crippen molar-refractivity contribution in [2.45, 2.75) is 18.7 Å². The van der Waals surface area contributed by atoms with Gasteiger partial charge >= 0.3 is 0 Å². The summed E-state index contributed by atoms with van der Waals surface area (Å²) in [6.45, 7) is 4.18. The summed E-state index contributed by atoms with van der Waals surface area (Å²) in [7, 11) is -2.38. The third-order valence-electron chi connectivity index (χ3n) is 2.62. The molecular weight excluding hydrogens is 280 g/mol. The highest BCUT2D eigenvalue weighted by Crippen LogP contribution is 2.17. The predicted molar refractivity (Wildman–Crippen MR) is 75.8 cm³/mol. The van der Waals surface area contributed by atoms with E-state index in [4.69, 9.17) is 5.11 Å². The minimum Gasteiger partial charge on any atom is -0.508 e. The molecule has 0 aliphatic carbocycles. The van der Waals surface area contributed by atoms with Gasteiger partial charge < -0.3 is 10.4 Å². The number of nitrogens with one attached hydrogen (secondary N) is 1. The van der Waals surface area contributed by atoms with Gasteiger partial charge in [-0.1, -0.05) is 13.8 Å². The molecule has 0 heterocycles. The van der Waals surface area contributed by atoms with Crippen LogP contribution in [0, 0.1) is 5.92 Å². The zero-order chi connectivity index (χ0) is 15.3. The average Bonchev–Trinajstić information content (AvgIpc) is 2.36. The molecule has 0 bridgehead atoms. The summed E-state index contributed by atoms with van der Waals surface area (Å²) in [4.78, 5) is 11.7. The number of phenols is 1. The maximum Gasteiger partial charge on any atom is 0.243 e. The highest BCUT2D eigenvalue weighted by molar-refractivity contribution is 7.89. The largest absolute Gasteiger partial charge is 0.508 e. The first kappa shape index (κ1) is 16.5. The third kappa shape index (κ3) is 4.50. The van der Waals surface area contributed by atoms with Crippen LogP contribution >= 0.6 is 0 Å². The van der Waals surface area contributed by atoms with E-state index in [0.29, 0.717) is 12.5 Å². The smallest absolute Gasteiger partial charge is 0.243 e. The molecule has 0 aliphatic rings. The molecule has 6 nitrogen and oxygen atoms in total. The Bertz CT molecular complexity index is 552. The van der Waals surface area contributed by atoms with Gasteiger partial charge in [0.25, 0.3) is 0 Å². The number of sulfonamides is 1.